The number of hydrogen-bond donors (Lipinski definition) is 0. The number of Topliss-reactive ketones (excluding diaryl/α,β-unsaturated/α-hetero) is 1. The molecule has 0 aliphatic carbocycles. The molecule has 3 aromatic rings. The smallest absolute Gasteiger partial charge is 0.379 e. The number of ketones is 1. The molecule has 3 aromatic carbocycles. The Labute approximate surface area is 230 Å². The summed E-state index contributed by atoms with van der Waals surface area (Å²) in [4.78, 5) is 26.1. The fourth-order valence-electron chi connectivity index (χ4n) is 4.45. The maximum Gasteiger partial charge on any atom is 0.379 e. The van der Waals surface area contributed by atoms with Crippen molar-refractivity contribution < 1.29 is 41.4 Å². The van der Waals surface area contributed by atoms with Crippen molar-refractivity contribution in [3.63, 3.8) is 0 Å². The molecule has 1 fully saturated rings. The van der Waals surface area contributed by atoms with Crippen molar-refractivity contribution in [2.24, 2.45) is 0 Å². The number of hydrogen-bond acceptors (Lipinski definition) is 7. The van der Waals surface area contributed by atoms with Crippen LogP contribution in [-0.2, 0) is 37.3 Å². The summed E-state index contributed by atoms with van der Waals surface area (Å²) >= 11 is 0. The van der Waals surface area contributed by atoms with Gasteiger partial charge in [-0.05, 0) is 23.3 Å². The molecule has 0 saturated carbocycles. The number of carboxylic acid groups (broad SMARTS) is 1. The lowest BCUT2D eigenvalue weighted by molar-refractivity contribution is -0.276. The topological polar surface area (TPSA) is 116 Å². The molecule has 9 nitrogen and oxygen atoms in total. The van der Waals surface area contributed by atoms with Crippen molar-refractivity contribution in [2.75, 3.05) is 20.0 Å². The number of carbonyl (C=O) groups excluding carboxylic acids is 2. The predicted molar refractivity (Wildman–Crippen MR) is 137 cm³/mol. The maximum absolute atomic E-state index is 16.4. The van der Waals surface area contributed by atoms with E-state index in [4.69, 9.17) is 9.47 Å². The number of rotatable bonds is 11. The summed E-state index contributed by atoms with van der Waals surface area (Å²) in [6, 6.07) is 14.3. The van der Waals surface area contributed by atoms with Gasteiger partial charge in [0.15, 0.2) is 0 Å². The predicted octanol–water partition coefficient (Wildman–Crippen LogP) is 2.67. The van der Waals surface area contributed by atoms with Crippen LogP contribution in [0, 0.1) is 0 Å². The summed E-state index contributed by atoms with van der Waals surface area (Å²) in [5.74, 6) is -1.93. The zero-order valence-corrected chi connectivity index (χ0v) is 22.1. The molecule has 0 N–H and O–H groups in total. The van der Waals surface area contributed by atoms with E-state index in [0.717, 1.165) is 12.1 Å². The van der Waals surface area contributed by atoms with Crippen LogP contribution < -0.4 is 5.11 Å². The number of carbonyl (C=O) groups is 2. The minimum atomic E-state index is -4.95. The first-order valence-electron chi connectivity index (χ1n) is 12.3. The fourth-order valence-corrected chi connectivity index (χ4v) is 5.92. The second kappa shape index (κ2) is 12.6. The van der Waals surface area contributed by atoms with Gasteiger partial charge in [-0.25, -0.2) is 8.42 Å². The first kappa shape index (κ1) is 29.3. The molecule has 1 amide bonds. The van der Waals surface area contributed by atoms with Crippen LogP contribution in [-0.4, -0.2) is 67.6 Å². The third-order valence-electron chi connectivity index (χ3n) is 6.41. The van der Waals surface area contributed by atoms with Crippen molar-refractivity contribution in [1.82, 2.24) is 9.21 Å². The van der Waals surface area contributed by atoms with Crippen LogP contribution in [0.15, 0.2) is 95.9 Å². The highest BCUT2D eigenvalue weighted by atomic mass is 32.2. The van der Waals surface area contributed by atoms with Gasteiger partial charge in [0.25, 0.3) is 0 Å². The van der Waals surface area contributed by atoms with E-state index in [-0.39, 0.29) is 29.9 Å². The number of ether oxygens (including phenoxy) is 2. The number of halogens is 2. The van der Waals surface area contributed by atoms with E-state index >= 15 is 8.78 Å². The van der Waals surface area contributed by atoms with Gasteiger partial charge in [0.2, 0.25) is 15.8 Å². The van der Waals surface area contributed by atoms with Crippen molar-refractivity contribution in [1.29, 1.82) is 0 Å². The highest BCUT2D eigenvalue weighted by Gasteiger charge is 2.55. The third kappa shape index (κ3) is 6.53. The number of sulfonamides is 1. The lowest BCUT2D eigenvalue weighted by Crippen LogP contribution is -2.64. The highest BCUT2D eigenvalue weighted by molar-refractivity contribution is 7.89. The molecular formula is C28H27F2N2O7S-. The van der Waals surface area contributed by atoms with E-state index in [2.05, 4.69) is 0 Å². The number of alkyl halides is 2. The van der Waals surface area contributed by atoms with Crippen molar-refractivity contribution in [3.05, 3.63) is 102 Å². The van der Waals surface area contributed by atoms with Gasteiger partial charge >= 0.3 is 6.05 Å². The minimum Gasteiger partial charge on any atom is -0.530 e. The summed E-state index contributed by atoms with van der Waals surface area (Å²) < 4.78 is 70.1. The first-order valence-corrected chi connectivity index (χ1v) is 13.8. The molecule has 12 heteroatoms. The minimum absolute atomic E-state index is 0.134. The third-order valence-corrected chi connectivity index (χ3v) is 8.22. The van der Waals surface area contributed by atoms with Gasteiger partial charge in [0.1, 0.15) is 18.9 Å². The molecule has 4 rings (SSSR count). The van der Waals surface area contributed by atoms with E-state index in [1.54, 1.807) is 48.5 Å². The molecular weight excluding hydrogens is 546 g/mol. The average molecular weight is 574 g/mol. The van der Waals surface area contributed by atoms with Gasteiger partial charge in [-0.1, -0.05) is 78.9 Å². The molecule has 40 heavy (non-hydrogen) atoms. The molecule has 1 heterocycles. The zero-order valence-electron chi connectivity index (χ0n) is 21.3. The van der Waals surface area contributed by atoms with Gasteiger partial charge in [0.05, 0.1) is 24.2 Å². The average Bonchev–Trinajstić information content (AvgIpc) is 2.97. The molecule has 1 atom stereocenters. The molecule has 212 valence electrons. The molecule has 1 saturated heterocycles. The molecule has 0 bridgehead atoms. The quantitative estimate of drug-likeness (QED) is 0.324. The van der Waals surface area contributed by atoms with Crippen LogP contribution in [0.25, 0.3) is 0 Å². The van der Waals surface area contributed by atoms with Crippen molar-refractivity contribution in [2.45, 2.75) is 36.0 Å². The Balaban J connectivity index is 1.81. The standard InChI is InChI=1S/C28H28F2N2O7S/c29-28(30,31(17-22-12-6-2-7-13-22)40(36,37)24-14-8-3-9-15-24)26(33)25(16-21-10-4-1-5-11-21)32(27(34)35)23-18-38-20-39-19-23/h1-15,23,25H,16-20H2,(H,34,35)/p-1/t25-/m0/s1. The molecule has 1 aliphatic heterocycles. The van der Waals surface area contributed by atoms with Gasteiger partial charge in [-0.3, -0.25) is 4.79 Å². The summed E-state index contributed by atoms with van der Waals surface area (Å²) in [7, 11) is -4.95. The fraction of sp³-hybridized carbons (Fsp3) is 0.286. The first-order chi connectivity index (χ1) is 19.1. The second-order valence-electron chi connectivity index (χ2n) is 9.11. The van der Waals surface area contributed by atoms with Crippen LogP contribution in [0.3, 0.4) is 0 Å². The second-order valence-corrected chi connectivity index (χ2v) is 11.0. The van der Waals surface area contributed by atoms with Crippen molar-refractivity contribution >= 4 is 21.9 Å². The summed E-state index contributed by atoms with van der Waals surface area (Å²) in [5, 5.41) is 12.3. The zero-order chi connectivity index (χ0) is 28.8. The van der Waals surface area contributed by atoms with Gasteiger partial charge in [-0.15, -0.1) is 4.31 Å². The van der Waals surface area contributed by atoms with Crippen LogP contribution in [0.2, 0.25) is 0 Å². The molecule has 0 aromatic heterocycles. The Morgan fingerprint density at radius 1 is 0.875 bits per heavy atom. The summed E-state index contributed by atoms with van der Waals surface area (Å²) in [6.45, 7) is -1.44. The SMILES string of the molecule is O=C([O-])N(C1COCOC1)[C@@H](Cc1ccccc1)C(=O)C(F)(F)N(Cc1ccccc1)S(=O)(=O)c1ccccc1. The van der Waals surface area contributed by atoms with E-state index in [9.17, 15) is 23.1 Å². The van der Waals surface area contributed by atoms with E-state index < -0.39 is 57.9 Å². The highest BCUT2D eigenvalue weighted by Crippen LogP contribution is 2.34. The van der Waals surface area contributed by atoms with E-state index in [0.29, 0.717) is 10.5 Å². The number of benzene rings is 3. The molecule has 0 spiro atoms. The normalized spacial score (nSPS) is 15.5. The van der Waals surface area contributed by atoms with Crippen molar-refractivity contribution in [3.8, 4) is 0 Å². The van der Waals surface area contributed by atoms with Crippen LogP contribution >= 0.6 is 0 Å². The van der Waals surface area contributed by atoms with Gasteiger partial charge in [-0.2, -0.15) is 8.78 Å². The Morgan fingerprint density at radius 3 is 1.90 bits per heavy atom. The lowest BCUT2D eigenvalue weighted by Gasteiger charge is -2.42. The summed E-state index contributed by atoms with van der Waals surface area (Å²) in [6.07, 6.45) is -2.37. The van der Waals surface area contributed by atoms with E-state index in [1.165, 1.54) is 30.3 Å². The van der Waals surface area contributed by atoms with Crippen LogP contribution in [0.4, 0.5) is 13.6 Å². The Kier molecular flexibility index (Phi) is 9.25. The number of amides is 1. The largest absolute Gasteiger partial charge is 0.530 e. The lowest BCUT2D eigenvalue weighted by atomic mass is 9.98. The molecule has 0 radical (unpaired) electrons. The Morgan fingerprint density at radius 2 is 1.38 bits per heavy atom. The summed E-state index contributed by atoms with van der Waals surface area (Å²) in [5.41, 5.74) is 0.570. The molecule has 0 unspecified atom stereocenters. The Bertz CT molecular complexity index is 1390. The number of nitrogens with zero attached hydrogens (tertiary/aromatic N) is 2. The van der Waals surface area contributed by atoms with Gasteiger partial charge in [0, 0.05) is 13.0 Å². The molecule has 1 aliphatic rings. The van der Waals surface area contributed by atoms with Crippen LogP contribution in [0.5, 0.6) is 0 Å². The maximum atomic E-state index is 16.4. The Hall–Kier alpha value is -3.71. The van der Waals surface area contributed by atoms with E-state index in [1.807, 2.05) is 0 Å². The van der Waals surface area contributed by atoms with Crippen LogP contribution in [0.1, 0.15) is 11.1 Å². The monoisotopic (exact) mass is 573 g/mol. The van der Waals surface area contributed by atoms with Gasteiger partial charge < -0.3 is 24.3 Å².